The Morgan fingerprint density at radius 2 is 2.12 bits per heavy atom. The van der Waals surface area contributed by atoms with Crippen molar-refractivity contribution >= 4 is 18.2 Å². The van der Waals surface area contributed by atoms with Gasteiger partial charge in [-0.2, -0.15) is 4.57 Å². The number of carbonyl (C=O) groups is 3. The molecule has 0 aromatic carbocycles. The van der Waals surface area contributed by atoms with Crippen molar-refractivity contribution in [3.8, 4) is 0 Å². The summed E-state index contributed by atoms with van der Waals surface area (Å²) < 4.78 is 16.8. The van der Waals surface area contributed by atoms with E-state index in [0.717, 1.165) is 6.42 Å². The van der Waals surface area contributed by atoms with E-state index in [9.17, 15) is 14.4 Å². The lowest BCUT2D eigenvalue weighted by molar-refractivity contribution is -0.759. The second-order valence-electron chi connectivity index (χ2n) is 5.43. The van der Waals surface area contributed by atoms with Gasteiger partial charge < -0.3 is 24.1 Å². The molecule has 2 rings (SSSR count). The predicted molar refractivity (Wildman–Crippen MR) is 85.9 cm³/mol. The molecule has 1 aliphatic heterocycles. The maximum atomic E-state index is 11.3. The number of aromatic nitrogens is 1. The lowest BCUT2D eigenvalue weighted by Gasteiger charge is -2.11. The van der Waals surface area contributed by atoms with Crippen molar-refractivity contribution in [2.45, 2.75) is 38.0 Å². The van der Waals surface area contributed by atoms with Crippen molar-refractivity contribution < 1.29 is 38.3 Å². The molecule has 8 nitrogen and oxygen atoms in total. The minimum Gasteiger partial charge on any atom is -0.477 e. The summed E-state index contributed by atoms with van der Waals surface area (Å²) in [5.74, 6) is -1.41. The molecular formula is C17H24NO7+. The van der Waals surface area contributed by atoms with Crippen LogP contribution in [0.2, 0.25) is 0 Å². The fourth-order valence-corrected chi connectivity index (χ4v) is 2.26. The quantitative estimate of drug-likeness (QED) is 0.445. The van der Waals surface area contributed by atoms with E-state index >= 15 is 0 Å². The van der Waals surface area contributed by atoms with Crippen LogP contribution in [0.3, 0.4) is 0 Å². The summed E-state index contributed by atoms with van der Waals surface area (Å²) in [6.45, 7) is 0.146. The van der Waals surface area contributed by atoms with Crippen molar-refractivity contribution in [3.63, 3.8) is 0 Å². The van der Waals surface area contributed by atoms with Crippen LogP contribution in [0.25, 0.3) is 0 Å². The minimum atomic E-state index is -0.993. The van der Waals surface area contributed by atoms with Gasteiger partial charge in [0.15, 0.2) is 12.4 Å². The first kappa shape index (κ1) is 20.7. The van der Waals surface area contributed by atoms with E-state index in [0.29, 0.717) is 12.7 Å². The number of rotatable bonds is 7. The van der Waals surface area contributed by atoms with Crippen molar-refractivity contribution in [2.24, 2.45) is 0 Å². The van der Waals surface area contributed by atoms with Crippen LogP contribution >= 0.6 is 0 Å². The number of aldehydes is 1. The maximum absolute atomic E-state index is 11.3. The summed E-state index contributed by atoms with van der Waals surface area (Å²) in [5.41, 5.74) is 0.190. The van der Waals surface area contributed by atoms with E-state index in [1.807, 2.05) is 0 Å². The Labute approximate surface area is 146 Å². The van der Waals surface area contributed by atoms with Gasteiger partial charge in [-0.3, -0.25) is 4.79 Å². The Kier molecular flexibility index (Phi) is 9.34. The first-order valence-corrected chi connectivity index (χ1v) is 7.90. The second kappa shape index (κ2) is 11.3. The number of esters is 1. The molecule has 1 aliphatic rings. The summed E-state index contributed by atoms with van der Waals surface area (Å²) in [4.78, 5) is 32.5. The van der Waals surface area contributed by atoms with Gasteiger partial charge in [0.05, 0.1) is 12.5 Å². The van der Waals surface area contributed by atoms with Gasteiger partial charge in [0.1, 0.15) is 18.5 Å². The largest absolute Gasteiger partial charge is 0.477 e. The number of hydrogen-bond donors (Lipinski definition) is 1. The summed E-state index contributed by atoms with van der Waals surface area (Å²) >= 11 is 0. The standard InChI is InChI=1S/C15H17NO6.C2H6O/c17-8-2-4-14(18)21-10-12-5-6-13(22-12)16-7-1-3-11(9-16)15(19)20;1-3-2/h1,3,7-9,12-13H,2,4-6,10H2;1-2H3/p+1. The summed E-state index contributed by atoms with van der Waals surface area (Å²) in [5, 5.41) is 8.98. The Morgan fingerprint density at radius 1 is 1.40 bits per heavy atom. The number of aromatic carboxylic acids is 1. The average molecular weight is 354 g/mol. The van der Waals surface area contributed by atoms with Crippen LogP contribution < -0.4 is 4.57 Å². The predicted octanol–water partition coefficient (Wildman–Crippen LogP) is 1.13. The highest BCUT2D eigenvalue weighted by Crippen LogP contribution is 2.24. The SMILES string of the molecule is COC.O=CCCC(=O)OCC1CCC([n+]2cccc(C(=O)O)c2)O1. The molecule has 2 atom stereocenters. The Morgan fingerprint density at radius 3 is 2.76 bits per heavy atom. The van der Waals surface area contributed by atoms with Gasteiger partial charge in [-0.15, -0.1) is 0 Å². The fraction of sp³-hybridized carbons (Fsp3) is 0.529. The molecule has 0 aliphatic carbocycles. The highest BCUT2D eigenvalue weighted by Gasteiger charge is 2.32. The molecule has 0 radical (unpaired) electrons. The minimum absolute atomic E-state index is 0.0784. The average Bonchev–Trinajstić information content (AvgIpc) is 3.08. The molecule has 25 heavy (non-hydrogen) atoms. The molecule has 0 amide bonds. The molecule has 8 heteroatoms. The highest BCUT2D eigenvalue weighted by molar-refractivity contribution is 5.86. The molecule has 0 saturated carbocycles. The normalized spacial score (nSPS) is 18.8. The lowest BCUT2D eigenvalue weighted by Crippen LogP contribution is -2.40. The smallest absolute Gasteiger partial charge is 0.341 e. The molecule has 1 aromatic rings. The van der Waals surface area contributed by atoms with Crippen LogP contribution in [-0.4, -0.2) is 50.3 Å². The van der Waals surface area contributed by atoms with Crippen molar-refractivity contribution in [3.05, 3.63) is 30.1 Å². The Balaban J connectivity index is 0.000000970. The molecular weight excluding hydrogens is 330 g/mol. The van der Waals surface area contributed by atoms with E-state index in [1.165, 1.54) is 12.3 Å². The number of methoxy groups -OCH3 is 1. The van der Waals surface area contributed by atoms with E-state index < -0.39 is 11.9 Å². The lowest BCUT2D eigenvalue weighted by atomic mass is 10.2. The molecule has 2 heterocycles. The number of pyridine rings is 1. The third-order valence-electron chi connectivity index (χ3n) is 3.38. The summed E-state index contributed by atoms with van der Waals surface area (Å²) in [6, 6.07) is 3.17. The van der Waals surface area contributed by atoms with Crippen LogP contribution in [0, 0.1) is 0 Å². The number of carboxylic acid groups (broad SMARTS) is 1. The van der Waals surface area contributed by atoms with Gasteiger partial charge in [-0.05, 0) is 12.5 Å². The van der Waals surface area contributed by atoms with E-state index in [4.69, 9.17) is 14.6 Å². The number of nitrogens with zero attached hydrogens (tertiary/aromatic N) is 1. The third-order valence-corrected chi connectivity index (χ3v) is 3.38. The van der Waals surface area contributed by atoms with Gasteiger partial charge >= 0.3 is 11.9 Å². The van der Waals surface area contributed by atoms with Crippen molar-refractivity contribution in [1.82, 2.24) is 0 Å². The fourth-order valence-electron chi connectivity index (χ4n) is 2.26. The van der Waals surface area contributed by atoms with Crippen molar-refractivity contribution in [1.29, 1.82) is 0 Å². The van der Waals surface area contributed by atoms with Crippen LogP contribution in [0.15, 0.2) is 24.5 Å². The molecule has 2 unspecified atom stereocenters. The van der Waals surface area contributed by atoms with Gasteiger partial charge in [0.25, 0.3) is 6.23 Å². The molecule has 0 bridgehead atoms. The van der Waals surface area contributed by atoms with E-state index in [2.05, 4.69) is 4.74 Å². The van der Waals surface area contributed by atoms with Crippen molar-refractivity contribution in [2.75, 3.05) is 20.8 Å². The van der Waals surface area contributed by atoms with Crippen LogP contribution in [0.1, 0.15) is 42.3 Å². The summed E-state index contributed by atoms with van der Waals surface area (Å²) in [6.07, 6.45) is 5.13. The Hall–Kier alpha value is -2.32. The van der Waals surface area contributed by atoms with Gasteiger partial charge in [-0.25, -0.2) is 4.79 Å². The molecule has 1 N–H and O–H groups in total. The van der Waals surface area contributed by atoms with Crippen LogP contribution in [0.4, 0.5) is 0 Å². The molecule has 1 saturated heterocycles. The first-order valence-electron chi connectivity index (χ1n) is 7.90. The zero-order valence-corrected chi connectivity index (χ0v) is 14.4. The van der Waals surface area contributed by atoms with Crippen LogP contribution in [0.5, 0.6) is 0 Å². The topological polar surface area (TPSA) is 103 Å². The molecule has 0 spiro atoms. The van der Waals surface area contributed by atoms with Crippen LogP contribution in [-0.2, 0) is 23.8 Å². The van der Waals surface area contributed by atoms with Gasteiger partial charge in [-0.1, -0.05) is 0 Å². The summed E-state index contributed by atoms with van der Waals surface area (Å²) in [7, 11) is 3.25. The first-order chi connectivity index (χ1) is 12.0. The zero-order valence-electron chi connectivity index (χ0n) is 14.4. The van der Waals surface area contributed by atoms with Gasteiger partial charge in [0, 0.05) is 33.1 Å². The van der Waals surface area contributed by atoms with E-state index in [1.54, 1.807) is 31.0 Å². The number of ether oxygens (including phenoxy) is 3. The maximum Gasteiger partial charge on any atom is 0.341 e. The third kappa shape index (κ3) is 7.40. The Bertz CT molecular complexity index is 576. The number of carbonyl (C=O) groups excluding carboxylic acids is 2. The molecule has 138 valence electrons. The monoisotopic (exact) mass is 354 g/mol. The highest BCUT2D eigenvalue weighted by atomic mass is 16.6. The number of hydrogen-bond acceptors (Lipinski definition) is 6. The van der Waals surface area contributed by atoms with Gasteiger partial charge in [0.2, 0.25) is 0 Å². The second-order valence-corrected chi connectivity index (χ2v) is 5.43. The zero-order chi connectivity index (χ0) is 18.7. The molecule has 1 fully saturated rings. The van der Waals surface area contributed by atoms with E-state index in [-0.39, 0.29) is 37.3 Å². The molecule has 1 aromatic heterocycles. The number of carboxylic acids is 1.